The number of carbonyl (C=O) groups is 1. The van der Waals surface area contributed by atoms with Crippen LogP contribution in [-0.4, -0.2) is 53.2 Å². The van der Waals surface area contributed by atoms with Crippen LogP contribution in [0, 0.1) is 6.92 Å². The standard InChI is InChI=1S/C21H25N3O6S/c1-14-5-7-18(28-3)17(11-14)24(31(4,26)27)13-21(25)23-22-15(2)16-6-8-19-20(12-16)30-10-9-29-19/h5-8,11-12H,9-10,13H2,1-4H3,(H,23,25)/b22-15-. The summed E-state index contributed by atoms with van der Waals surface area (Å²) in [5, 5.41) is 4.10. The Balaban J connectivity index is 1.77. The van der Waals surface area contributed by atoms with Crippen LogP contribution in [0.1, 0.15) is 18.1 Å². The zero-order chi connectivity index (χ0) is 22.6. The quantitative estimate of drug-likeness (QED) is 0.515. The summed E-state index contributed by atoms with van der Waals surface area (Å²) in [7, 11) is -2.31. The number of carbonyl (C=O) groups excluding carboxylic acids is 1. The van der Waals surface area contributed by atoms with Gasteiger partial charge in [0.1, 0.15) is 25.5 Å². The summed E-state index contributed by atoms with van der Waals surface area (Å²) in [6.07, 6.45) is 1.03. The van der Waals surface area contributed by atoms with E-state index in [4.69, 9.17) is 14.2 Å². The van der Waals surface area contributed by atoms with E-state index in [0.717, 1.165) is 21.7 Å². The maximum Gasteiger partial charge on any atom is 0.260 e. The summed E-state index contributed by atoms with van der Waals surface area (Å²) < 4.78 is 42.1. The number of ether oxygens (including phenoxy) is 3. The predicted octanol–water partition coefficient (Wildman–Crippen LogP) is 2.08. The van der Waals surface area contributed by atoms with Crippen molar-refractivity contribution in [3.05, 3.63) is 47.5 Å². The van der Waals surface area contributed by atoms with Gasteiger partial charge in [-0.25, -0.2) is 13.8 Å². The summed E-state index contributed by atoms with van der Waals surface area (Å²) >= 11 is 0. The van der Waals surface area contributed by atoms with Crippen molar-refractivity contribution in [2.75, 3.05) is 37.4 Å². The number of amides is 1. The maximum absolute atomic E-state index is 12.5. The number of methoxy groups -OCH3 is 1. The third kappa shape index (κ3) is 5.46. The Morgan fingerprint density at radius 1 is 1.16 bits per heavy atom. The molecule has 0 spiro atoms. The first kappa shape index (κ1) is 22.4. The van der Waals surface area contributed by atoms with Gasteiger partial charge in [-0.05, 0) is 49.7 Å². The SMILES string of the molecule is COc1ccc(C)cc1N(CC(=O)N/N=C(/C)c1ccc2c(c1)OCCO2)S(C)(=O)=O. The number of benzene rings is 2. The monoisotopic (exact) mass is 447 g/mol. The normalized spacial score (nSPS) is 13.5. The van der Waals surface area contributed by atoms with Gasteiger partial charge in [-0.3, -0.25) is 9.10 Å². The molecule has 31 heavy (non-hydrogen) atoms. The lowest BCUT2D eigenvalue weighted by Gasteiger charge is -2.23. The third-order valence-electron chi connectivity index (χ3n) is 4.60. The molecule has 10 heteroatoms. The lowest BCUT2D eigenvalue weighted by atomic mass is 10.1. The molecule has 1 amide bonds. The van der Waals surface area contributed by atoms with Crippen LogP contribution in [0.15, 0.2) is 41.5 Å². The molecule has 1 N–H and O–H groups in total. The summed E-state index contributed by atoms with van der Waals surface area (Å²) in [4.78, 5) is 12.5. The van der Waals surface area contributed by atoms with Crippen LogP contribution < -0.4 is 23.9 Å². The smallest absolute Gasteiger partial charge is 0.260 e. The maximum atomic E-state index is 12.5. The van der Waals surface area contributed by atoms with E-state index in [2.05, 4.69) is 10.5 Å². The Morgan fingerprint density at radius 2 is 1.87 bits per heavy atom. The van der Waals surface area contributed by atoms with Crippen LogP contribution in [0.5, 0.6) is 17.2 Å². The van der Waals surface area contributed by atoms with E-state index in [9.17, 15) is 13.2 Å². The average molecular weight is 448 g/mol. The van der Waals surface area contributed by atoms with E-state index in [1.54, 1.807) is 43.3 Å². The zero-order valence-electron chi connectivity index (χ0n) is 17.8. The van der Waals surface area contributed by atoms with E-state index < -0.39 is 22.5 Å². The van der Waals surface area contributed by atoms with Crippen molar-refractivity contribution in [1.82, 2.24) is 5.43 Å². The van der Waals surface area contributed by atoms with Gasteiger partial charge in [0.2, 0.25) is 10.0 Å². The van der Waals surface area contributed by atoms with Gasteiger partial charge in [0.25, 0.3) is 5.91 Å². The van der Waals surface area contributed by atoms with Crippen molar-refractivity contribution in [1.29, 1.82) is 0 Å². The highest BCUT2D eigenvalue weighted by Crippen LogP contribution is 2.32. The second kappa shape index (κ2) is 9.25. The van der Waals surface area contributed by atoms with Crippen molar-refractivity contribution in [2.24, 2.45) is 5.10 Å². The van der Waals surface area contributed by atoms with Gasteiger partial charge in [-0.15, -0.1) is 0 Å². The van der Waals surface area contributed by atoms with E-state index >= 15 is 0 Å². The molecule has 0 bridgehead atoms. The van der Waals surface area contributed by atoms with Crippen LogP contribution in [0.2, 0.25) is 0 Å². The Hall–Kier alpha value is -3.27. The highest BCUT2D eigenvalue weighted by atomic mass is 32.2. The van der Waals surface area contributed by atoms with Crippen LogP contribution in [0.25, 0.3) is 0 Å². The predicted molar refractivity (Wildman–Crippen MR) is 118 cm³/mol. The van der Waals surface area contributed by atoms with Crippen molar-refractivity contribution in [2.45, 2.75) is 13.8 Å². The second-order valence-corrected chi connectivity index (χ2v) is 8.94. The minimum absolute atomic E-state index is 0.285. The Kier molecular flexibility index (Phi) is 6.69. The molecule has 1 heterocycles. The molecule has 0 aliphatic carbocycles. The van der Waals surface area contributed by atoms with Gasteiger partial charge in [0.05, 0.1) is 24.8 Å². The van der Waals surface area contributed by atoms with Crippen molar-refractivity contribution >= 4 is 27.3 Å². The summed E-state index contributed by atoms with van der Waals surface area (Å²) in [6.45, 7) is 4.07. The third-order valence-corrected chi connectivity index (χ3v) is 5.73. The number of nitrogens with one attached hydrogen (secondary N) is 1. The molecule has 0 saturated carbocycles. The van der Waals surface area contributed by atoms with Gasteiger partial charge >= 0.3 is 0 Å². The summed E-state index contributed by atoms with van der Waals surface area (Å²) in [5.41, 5.74) is 4.80. The Labute approximate surface area is 181 Å². The molecule has 2 aromatic rings. The molecule has 0 saturated heterocycles. The van der Waals surface area contributed by atoms with Crippen molar-refractivity contribution in [3.63, 3.8) is 0 Å². The minimum Gasteiger partial charge on any atom is -0.495 e. The van der Waals surface area contributed by atoms with E-state index in [0.29, 0.717) is 36.2 Å². The molecular formula is C21H25N3O6S. The average Bonchev–Trinajstić information content (AvgIpc) is 2.74. The lowest BCUT2D eigenvalue weighted by Crippen LogP contribution is -2.39. The van der Waals surface area contributed by atoms with E-state index in [-0.39, 0.29) is 5.69 Å². The fourth-order valence-corrected chi connectivity index (χ4v) is 3.87. The van der Waals surface area contributed by atoms with Gasteiger partial charge in [0, 0.05) is 5.56 Å². The fraction of sp³-hybridized carbons (Fsp3) is 0.333. The van der Waals surface area contributed by atoms with E-state index in [1.165, 1.54) is 7.11 Å². The van der Waals surface area contributed by atoms with Crippen molar-refractivity contribution < 1.29 is 27.4 Å². The van der Waals surface area contributed by atoms with Crippen LogP contribution in [0.4, 0.5) is 5.69 Å². The Morgan fingerprint density at radius 3 is 2.55 bits per heavy atom. The number of hydrogen-bond donors (Lipinski definition) is 1. The highest BCUT2D eigenvalue weighted by molar-refractivity contribution is 7.92. The molecule has 9 nitrogen and oxygen atoms in total. The topological polar surface area (TPSA) is 107 Å². The van der Waals surface area contributed by atoms with Gasteiger partial charge in [-0.1, -0.05) is 6.07 Å². The summed E-state index contributed by atoms with van der Waals surface area (Å²) in [6, 6.07) is 10.5. The second-order valence-electron chi connectivity index (χ2n) is 7.04. The molecule has 3 rings (SSSR count). The van der Waals surface area contributed by atoms with Crippen LogP contribution >= 0.6 is 0 Å². The molecule has 166 valence electrons. The van der Waals surface area contributed by atoms with Gasteiger partial charge in [-0.2, -0.15) is 5.10 Å². The molecular weight excluding hydrogens is 422 g/mol. The number of sulfonamides is 1. The number of aryl methyl sites for hydroxylation is 1. The number of nitrogens with zero attached hydrogens (tertiary/aromatic N) is 2. The molecule has 2 aromatic carbocycles. The minimum atomic E-state index is -3.75. The number of rotatable bonds is 7. The molecule has 1 aliphatic heterocycles. The largest absolute Gasteiger partial charge is 0.495 e. The molecule has 0 fully saturated rings. The van der Waals surface area contributed by atoms with Gasteiger partial charge < -0.3 is 14.2 Å². The van der Waals surface area contributed by atoms with E-state index in [1.807, 2.05) is 6.92 Å². The molecule has 0 atom stereocenters. The highest BCUT2D eigenvalue weighted by Gasteiger charge is 2.24. The number of anilines is 1. The van der Waals surface area contributed by atoms with Crippen LogP contribution in [-0.2, 0) is 14.8 Å². The fourth-order valence-electron chi connectivity index (χ4n) is 3.02. The first-order chi connectivity index (χ1) is 14.7. The molecule has 0 radical (unpaired) electrons. The first-order valence-electron chi connectivity index (χ1n) is 9.54. The number of hydrogen-bond acceptors (Lipinski definition) is 7. The molecule has 0 unspecified atom stereocenters. The van der Waals surface area contributed by atoms with Crippen LogP contribution in [0.3, 0.4) is 0 Å². The zero-order valence-corrected chi connectivity index (χ0v) is 18.7. The van der Waals surface area contributed by atoms with Crippen molar-refractivity contribution in [3.8, 4) is 17.2 Å². The Bertz CT molecular complexity index is 1110. The number of fused-ring (bicyclic) bond motifs is 1. The number of hydrazone groups is 1. The van der Waals surface area contributed by atoms with Gasteiger partial charge in [0.15, 0.2) is 11.5 Å². The molecule has 0 aromatic heterocycles. The first-order valence-corrected chi connectivity index (χ1v) is 11.4. The molecule has 1 aliphatic rings. The summed E-state index contributed by atoms with van der Waals surface area (Å²) in [5.74, 6) is 1.02. The lowest BCUT2D eigenvalue weighted by molar-refractivity contribution is -0.119.